The van der Waals surface area contributed by atoms with Gasteiger partial charge in [0.05, 0.1) is 31.9 Å². The molecule has 2 aliphatic rings. The number of pyridine rings is 1. The van der Waals surface area contributed by atoms with Gasteiger partial charge in [-0.25, -0.2) is 4.79 Å². The van der Waals surface area contributed by atoms with Crippen LogP contribution in [0.4, 0.5) is 10.5 Å². The summed E-state index contributed by atoms with van der Waals surface area (Å²) in [4.78, 5) is 33.1. The zero-order valence-corrected chi connectivity index (χ0v) is 16.1. The molecule has 152 valence electrons. The molecule has 8 heteroatoms. The first kappa shape index (κ1) is 19.4. The van der Waals surface area contributed by atoms with Crippen molar-refractivity contribution >= 4 is 17.6 Å². The molecule has 3 amide bonds. The number of amides is 3. The molecule has 0 saturated carbocycles. The Labute approximate surface area is 169 Å². The molecule has 1 spiro atoms. The third-order valence-electron chi connectivity index (χ3n) is 5.04. The van der Waals surface area contributed by atoms with Crippen molar-refractivity contribution in [2.45, 2.75) is 12.2 Å². The lowest BCUT2D eigenvalue weighted by Crippen LogP contribution is -2.60. The number of carbonyl (C=O) groups excluding carboxylic acids is 2. The Balaban J connectivity index is 1.47. The van der Waals surface area contributed by atoms with Gasteiger partial charge in [0.25, 0.3) is 5.91 Å². The van der Waals surface area contributed by atoms with Crippen molar-refractivity contribution in [3.63, 3.8) is 0 Å². The summed E-state index contributed by atoms with van der Waals surface area (Å²) in [6.07, 6.45) is 3.89. The second-order valence-electron chi connectivity index (χ2n) is 7.15. The van der Waals surface area contributed by atoms with E-state index in [9.17, 15) is 9.59 Å². The SMILES string of the molecule is O=C(Nc1ccccc1)N1CCCOC2(C1)CN(C(=O)c1cccnc1)CCO2. The Kier molecular flexibility index (Phi) is 5.73. The molecule has 1 unspecified atom stereocenters. The third-order valence-corrected chi connectivity index (χ3v) is 5.04. The van der Waals surface area contributed by atoms with E-state index < -0.39 is 5.79 Å². The summed E-state index contributed by atoms with van der Waals surface area (Å²) in [7, 11) is 0. The second-order valence-corrected chi connectivity index (χ2v) is 7.15. The quantitative estimate of drug-likeness (QED) is 0.841. The van der Waals surface area contributed by atoms with E-state index in [2.05, 4.69) is 10.3 Å². The van der Waals surface area contributed by atoms with Crippen LogP contribution in [0.15, 0.2) is 54.9 Å². The summed E-state index contributed by atoms with van der Waals surface area (Å²) in [5, 5.41) is 2.91. The molecule has 2 saturated heterocycles. The Morgan fingerprint density at radius 3 is 2.55 bits per heavy atom. The molecule has 1 aromatic heterocycles. The molecule has 29 heavy (non-hydrogen) atoms. The molecule has 1 atom stereocenters. The number of aromatic nitrogens is 1. The van der Waals surface area contributed by atoms with E-state index in [4.69, 9.17) is 9.47 Å². The van der Waals surface area contributed by atoms with Crippen LogP contribution in [0.5, 0.6) is 0 Å². The maximum absolute atomic E-state index is 12.9. The van der Waals surface area contributed by atoms with Crippen LogP contribution in [-0.2, 0) is 9.47 Å². The zero-order valence-electron chi connectivity index (χ0n) is 16.1. The average molecular weight is 396 g/mol. The third kappa shape index (κ3) is 4.55. The number of rotatable bonds is 2. The number of nitrogens with zero attached hydrogens (tertiary/aromatic N) is 3. The molecule has 0 radical (unpaired) electrons. The number of morpholine rings is 1. The highest BCUT2D eigenvalue weighted by atomic mass is 16.7. The van der Waals surface area contributed by atoms with Crippen molar-refractivity contribution in [3.8, 4) is 0 Å². The number of urea groups is 1. The summed E-state index contributed by atoms with van der Waals surface area (Å²) in [6.45, 7) is 2.35. The van der Waals surface area contributed by atoms with Crippen molar-refractivity contribution in [3.05, 3.63) is 60.4 Å². The normalized spacial score (nSPS) is 22.2. The highest BCUT2D eigenvalue weighted by Gasteiger charge is 2.43. The number of para-hydroxylation sites is 1. The molecule has 8 nitrogen and oxygen atoms in total. The first-order valence-corrected chi connectivity index (χ1v) is 9.73. The lowest BCUT2D eigenvalue weighted by Gasteiger charge is -2.43. The molecule has 3 heterocycles. The summed E-state index contributed by atoms with van der Waals surface area (Å²) in [5.74, 6) is -1.14. The molecule has 1 aromatic carbocycles. The topological polar surface area (TPSA) is 84.0 Å². The van der Waals surface area contributed by atoms with Gasteiger partial charge in [-0.15, -0.1) is 0 Å². The van der Waals surface area contributed by atoms with Crippen molar-refractivity contribution in [2.24, 2.45) is 0 Å². The van der Waals surface area contributed by atoms with Crippen LogP contribution in [0.25, 0.3) is 0 Å². The van der Waals surface area contributed by atoms with Crippen molar-refractivity contribution in [1.82, 2.24) is 14.8 Å². The number of ether oxygens (including phenoxy) is 2. The summed E-state index contributed by atoms with van der Waals surface area (Å²) in [5.41, 5.74) is 1.26. The fraction of sp³-hybridized carbons (Fsp3) is 0.381. The maximum atomic E-state index is 12.9. The van der Waals surface area contributed by atoms with Crippen molar-refractivity contribution < 1.29 is 19.1 Å². The van der Waals surface area contributed by atoms with Gasteiger partial charge in [-0.3, -0.25) is 9.78 Å². The minimum atomic E-state index is -1.03. The molecule has 2 aliphatic heterocycles. The highest BCUT2D eigenvalue weighted by molar-refractivity contribution is 5.94. The Morgan fingerprint density at radius 1 is 0.966 bits per heavy atom. The largest absolute Gasteiger partial charge is 0.347 e. The first-order chi connectivity index (χ1) is 14.2. The number of nitrogens with one attached hydrogen (secondary N) is 1. The average Bonchev–Trinajstić information content (AvgIpc) is 2.97. The summed E-state index contributed by atoms with van der Waals surface area (Å²) < 4.78 is 12.0. The van der Waals surface area contributed by atoms with E-state index in [0.29, 0.717) is 38.3 Å². The maximum Gasteiger partial charge on any atom is 0.322 e. The fourth-order valence-corrected chi connectivity index (χ4v) is 3.61. The van der Waals surface area contributed by atoms with Gasteiger partial charge in [-0.1, -0.05) is 18.2 Å². The standard InChI is InChI=1S/C21H24N4O4/c26-19(17-6-4-9-22-14-17)24-11-13-29-21(15-24)16-25(10-5-12-28-21)20(27)23-18-7-2-1-3-8-18/h1-4,6-9,14H,5,10-13,15-16H2,(H,23,27). The van der Waals surface area contributed by atoms with Gasteiger partial charge in [0.15, 0.2) is 0 Å². The van der Waals surface area contributed by atoms with E-state index in [1.807, 2.05) is 30.3 Å². The number of anilines is 1. The van der Waals surface area contributed by atoms with Gasteiger partial charge in [0.2, 0.25) is 5.79 Å². The summed E-state index contributed by atoms with van der Waals surface area (Å²) >= 11 is 0. The predicted octanol–water partition coefficient (Wildman–Crippen LogP) is 2.20. The number of hydrogen-bond donors (Lipinski definition) is 1. The Morgan fingerprint density at radius 2 is 1.76 bits per heavy atom. The van der Waals surface area contributed by atoms with Gasteiger partial charge >= 0.3 is 6.03 Å². The molecule has 4 rings (SSSR count). The van der Waals surface area contributed by atoms with E-state index in [-0.39, 0.29) is 25.0 Å². The van der Waals surface area contributed by atoms with Crippen LogP contribution in [-0.4, -0.2) is 71.9 Å². The van der Waals surface area contributed by atoms with Crippen molar-refractivity contribution in [1.29, 1.82) is 0 Å². The van der Waals surface area contributed by atoms with E-state index in [1.54, 1.807) is 34.3 Å². The fourth-order valence-electron chi connectivity index (χ4n) is 3.61. The highest BCUT2D eigenvalue weighted by Crippen LogP contribution is 2.26. The Hall–Kier alpha value is -2.97. The van der Waals surface area contributed by atoms with Crippen molar-refractivity contribution in [2.75, 3.05) is 44.7 Å². The number of hydrogen-bond acceptors (Lipinski definition) is 5. The van der Waals surface area contributed by atoms with Crippen LogP contribution in [0.2, 0.25) is 0 Å². The predicted molar refractivity (Wildman–Crippen MR) is 106 cm³/mol. The van der Waals surface area contributed by atoms with Crippen LogP contribution < -0.4 is 5.32 Å². The molecular formula is C21H24N4O4. The zero-order chi connectivity index (χ0) is 20.1. The van der Waals surface area contributed by atoms with Crippen LogP contribution in [0.1, 0.15) is 16.8 Å². The number of benzene rings is 1. The van der Waals surface area contributed by atoms with E-state index >= 15 is 0 Å². The molecule has 0 bridgehead atoms. The smallest absolute Gasteiger partial charge is 0.322 e. The summed E-state index contributed by atoms with van der Waals surface area (Å²) in [6, 6.07) is 12.6. The van der Waals surface area contributed by atoms with Gasteiger partial charge in [-0.2, -0.15) is 0 Å². The monoisotopic (exact) mass is 396 g/mol. The molecular weight excluding hydrogens is 372 g/mol. The lowest BCUT2D eigenvalue weighted by molar-refractivity contribution is -0.258. The first-order valence-electron chi connectivity index (χ1n) is 9.73. The van der Waals surface area contributed by atoms with E-state index in [0.717, 1.165) is 5.69 Å². The van der Waals surface area contributed by atoms with E-state index in [1.165, 1.54) is 0 Å². The van der Waals surface area contributed by atoms with Gasteiger partial charge in [-0.05, 0) is 30.7 Å². The minimum absolute atomic E-state index is 0.117. The lowest BCUT2D eigenvalue weighted by atomic mass is 10.1. The molecule has 2 fully saturated rings. The van der Waals surface area contributed by atoms with Crippen LogP contribution in [0.3, 0.4) is 0 Å². The molecule has 1 N–H and O–H groups in total. The van der Waals surface area contributed by atoms with Gasteiger partial charge in [0, 0.05) is 31.2 Å². The second kappa shape index (κ2) is 8.59. The minimum Gasteiger partial charge on any atom is -0.347 e. The van der Waals surface area contributed by atoms with Crippen LogP contribution in [0, 0.1) is 0 Å². The Bertz CT molecular complexity index is 848. The molecule has 0 aliphatic carbocycles. The van der Waals surface area contributed by atoms with Gasteiger partial charge < -0.3 is 24.6 Å². The van der Waals surface area contributed by atoms with Gasteiger partial charge in [0.1, 0.15) is 0 Å². The number of carbonyl (C=O) groups is 2. The van der Waals surface area contributed by atoms with Crippen LogP contribution >= 0.6 is 0 Å². The molecule has 2 aromatic rings.